The summed E-state index contributed by atoms with van der Waals surface area (Å²) in [4.78, 5) is 12.1. The highest BCUT2D eigenvalue weighted by molar-refractivity contribution is 7.89. The molecule has 0 atom stereocenters. The molecule has 8 heteroatoms. The minimum atomic E-state index is -3.67. The third-order valence-corrected chi connectivity index (χ3v) is 4.83. The Labute approximate surface area is 150 Å². The molecule has 0 unspecified atom stereocenters. The van der Waals surface area contributed by atoms with Crippen molar-refractivity contribution in [3.63, 3.8) is 0 Å². The number of sulfonamides is 1. The highest BCUT2D eigenvalue weighted by Crippen LogP contribution is 2.20. The number of benzene rings is 2. The van der Waals surface area contributed by atoms with Crippen LogP contribution in [-0.2, 0) is 16.4 Å². The summed E-state index contributed by atoms with van der Waals surface area (Å²) in [5, 5.41) is 8.60. The van der Waals surface area contributed by atoms with Crippen LogP contribution in [0.4, 0.5) is 0 Å². The maximum atomic E-state index is 12.0. The minimum Gasteiger partial charge on any atom is -0.352 e. The number of hydrogen-bond acceptors (Lipinski definition) is 3. The van der Waals surface area contributed by atoms with Gasteiger partial charge in [-0.15, -0.1) is 0 Å². The van der Waals surface area contributed by atoms with Crippen molar-refractivity contribution in [1.82, 2.24) is 5.32 Å². The van der Waals surface area contributed by atoms with Crippen molar-refractivity contribution in [2.75, 3.05) is 6.54 Å². The monoisotopic (exact) mass is 386 g/mol. The van der Waals surface area contributed by atoms with Crippen LogP contribution >= 0.6 is 23.2 Å². The number of hydrogen-bond donors (Lipinski definition) is 2. The van der Waals surface area contributed by atoms with Gasteiger partial charge in [-0.2, -0.15) is 0 Å². The van der Waals surface area contributed by atoms with Gasteiger partial charge in [-0.1, -0.05) is 35.3 Å². The Balaban J connectivity index is 1.83. The van der Waals surface area contributed by atoms with E-state index in [1.807, 2.05) is 0 Å². The third kappa shape index (κ3) is 5.21. The summed E-state index contributed by atoms with van der Waals surface area (Å²) in [7, 11) is -3.67. The number of primary sulfonamides is 1. The Morgan fingerprint density at radius 1 is 1.08 bits per heavy atom. The largest absolute Gasteiger partial charge is 0.352 e. The molecule has 2 rings (SSSR count). The van der Waals surface area contributed by atoms with Gasteiger partial charge < -0.3 is 5.32 Å². The van der Waals surface area contributed by atoms with E-state index in [1.54, 1.807) is 24.3 Å². The predicted molar refractivity (Wildman–Crippen MR) is 94.9 cm³/mol. The maximum Gasteiger partial charge on any atom is 0.252 e. The zero-order chi connectivity index (χ0) is 17.7. The summed E-state index contributed by atoms with van der Waals surface area (Å²) < 4.78 is 22.3. The van der Waals surface area contributed by atoms with E-state index >= 15 is 0 Å². The molecule has 0 fully saturated rings. The smallest absolute Gasteiger partial charge is 0.252 e. The van der Waals surface area contributed by atoms with Crippen molar-refractivity contribution < 1.29 is 13.2 Å². The number of amides is 1. The molecule has 0 saturated carbocycles. The summed E-state index contributed by atoms with van der Waals surface area (Å²) in [6.45, 7) is 0.467. The molecule has 2 aromatic carbocycles. The highest BCUT2D eigenvalue weighted by atomic mass is 35.5. The highest BCUT2D eigenvalue weighted by Gasteiger charge is 2.10. The van der Waals surface area contributed by atoms with Crippen LogP contribution in [0.1, 0.15) is 22.3 Å². The van der Waals surface area contributed by atoms with Crippen LogP contribution in [0, 0.1) is 0 Å². The molecule has 3 N–H and O–H groups in total. The van der Waals surface area contributed by atoms with E-state index in [-0.39, 0.29) is 10.8 Å². The number of rotatable bonds is 6. The van der Waals surface area contributed by atoms with Crippen molar-refractivity contribution in [3.05, 3.63) is 63.6 Å². The van der Waals surface area contributed by atoms with Crippen LogP contribution < -0.4 is 10.5 Å². The average Bonchev–Trinajstić information content (AvgIpc) is 2.51. The first kappa shape index (κ1) is 18.7. The molecule has 0 spiro atoms. The predicted octanol–water partition coefficient (Wildman–Crippen LogP) is 3.00. The topological polar surface area (TPSA) is 89.3 Å². The van der Waals surface area contributed by atoms with E-state index < -0.39 is 10.0 Å². The Morgan fingerprint density at radius 2 is 1.75 bits per heavy atom. The van der Waals surface area contributed by atoms with Crippen LogP contribution in [0.3, 0.4) is 0 Å². The molecule has 0 bridgehead atoms. The molecule has 128 valence electrons. The molecular formula is C16H16Cl2N2O3S. The van der Waals surface area contributed by atoms with Crippen molar-refractivity contribution in [1.29, 1.82) is 0 Å². The second kappa shape index (κ2) is 7.98. The SMILES string of the molecule is NS(=O)(=O)c1ccc(CCCNC(=O)c2ccc(Cl)cc2Cl)cc1. The van der Waals surface area contributed by atoms with Gasteiger partial charge in [0.25, 0.3) is 5.91 Å². The molecule has 0 aromatic heterocycles. The second-order valence-electron chi connectivity index (χ2n) is 5.17. The molecule has 0 aliphatic heterocycles. The summed E-state index contributed by atoms with van der Waals surface area (Å²) in [5.41, 5.74) is 1.33. The average molecular weight is 387 g/mol. The van der Waals surface area contributed by atoms with E-state index in [4.69, 9.17) is 28.3 Å². The van der Waals surface area contributed by atoms with Crippen LogP contribution in [0.2, 0.25) is 10.0 Å². The number of aryl methyl sites for hydroxylation is 1. The quantitative estimate of drug-likeness (QED) is 0.747. The number of nitrogens with one attached hydrogen (secondary N) is 1. The van der Waals surface area contributed by atoms with Gasteiger partial charge in [0.1, 0.15) is 0 Å². The normalized spacial score (nSPS) is 11.3. The molecule has 0 radical (unpaired) electrons. The van der Waals surface area contributed by atoms with Crippen LogP contribution in [-0.4, -0.2) is 20.9 Å². The van der Waals surface area contributed by atoms with Gasteiger partial charge in [0.2, 0.25) is 10.0 Å². The lowest BCUT2D eigenvalue weighted by molar-refractivity contribution is 0.0953. The van der Waals surface area contributed by atoms with Crippen molar-refractivity contribution in [2.45, 2.75) is 17.7 Å². The van der Waals surface area contributed by atoms with Gasteiger partial charge in [0.15, 0.2) is 0 Å². The number of halogens is 2. The third-order valence-electron chi connectivity index (χ3n) is 3.36. The fourth-order valence-electron chi connectivity index (χ4n) is 2.11. The van der Waals surface area contributed by atoms with Crippen molar-refractivity contribution in [3.8, 4) is 0 Å². The first-order valence-electron chi connectivity index (χ1n) is 7.12. The second-order valence-corrected chi connectivity index (χ2v) is 7.58. The molecule has 1 amide bonds. The van der Waals surface area contributed by atoms with Crippen LogP contribution in [0.25, 0.3) is 0 Å². The van der Waals surface area contributed by atoms with Gasteiger partial charge in [-0.3, -0.25) is 4.79 Å². The molecule has 0 aliphatic rings. The van der Waals surface area contributed by atoms with E-state index in [9.17, 15) is 13.2 Å². The number of carbonyl (C=O) groups is 1. The summed E-state index contributed by atoms with van der Waals surface area (Å²) in [6.07, 6.45) is 1.39. The van der Waals surface area contributed by atoms with E-state index in [2.05, 4.69) is 5.32 Å². The van der Waals surface area contributed by atoms with Crippen molar-refractivity contribution >= 4 is 39.1 Å². The van der Waals surface area contributed by atoms with E-state index in [0.717, 1.165) is 5.56 Å². The van der Waals surface area contributed by atoms with Gasteiger partial charge >= 0.3 is 0 Å². The fraction of sp³-hybridized carbons (Fsp3) is 0.188. The number of carbonyl (C=O) groups excluding carboxylic acids is 1. The summed E-state index contributed by atoms with van der Waals surface area (Å²) in [5.74, 6) is -0.263. The van der Waals surface area contributed by atoms with Gasteiger partial charge in [0, 0.05) is 11.6 Å². The lowest BCUT2D eigenvalue weighted by atomic mass is 10.1. The zero-order valence-corrected chi connectivity index (χ0v) is 15.0. The van der Waals surface area contributed by atoms with Crippen LogP contribution in [0.15, 0.2) is 47.4 Å². The van der Waals surface area contributed by atoms with Gasteiger partial charge in [-0.05, 0) is 48.7 Å². The molecule has 24 heavy (non-hydrogen) atoms. The summed E-state index contributed by atoms with van der Waals surface area (Å²) >= 11 is 11.8. The first-order valence-corrected chi connectivity index (χ1v) is 9.42. The first-order chi connectivity index (χ1) is 11.3. The molecule has 5 nitrogen and oxygen atoms in total. The van der Waals surface area contributed by atoms with Gasteiger partial charge in [0.05, 0.1) is 15.5 Å². The van der Waals surface area contributed by atoms with Crippen molar-refractivity contribution in [2.24, 2.45) is 5.14 Å². The molecule has 0 aliphatic carbocycles. The molecule has 2 aromatic rings. The molecule has 0 heterocycles. The lowest BCUT2D eigenvalue weighted by Crippen LogP contribution is -2.25. The fourth-order valence-corrected chi connectivity index (χ4v) is 3.12. The Hall–Kier alpha value is -1.60. The lowest BCUT2D eigenvalue weighted by Gasteiger charge is -2.07. The van der Waals surface area contributed by atoms with E-state index in [0.29, 0.717) is 35.0 Å². The minimum absolute atomic E-state index is 0.0805. The number of nitrogens with two attached hydrogens (primary N) is 1. The Morgan fingerprint density at radius 3 is 2.33 bits per heavy atom. The molecular weight excluding hydrogens is 371 g/mol. The Bertz CT molecular complexity index is 837. The maximum absolute atomic E-state index is 12.0. The van der Waals surface area contributed by atoms with Gasteiger partial charge in [-0.25, -0.2) is 13.6 Å². The zero-order valence-electron chi connectivity index (χ0n) is 12.6. The Kier molecular flexibility index (Phi) is 6.23. The van der Waals surface area contributed by atoms with Crippen LogP contribution in [0.5, 0.6) is 0 Å². The summed E-state index contributed by atoms with van der Waals surface area (Å²) in [6, 6.07) is 11.1. The standard InChI is InChI=1S/C16H16Cl2N2O3S/c17-12-5-8-14(15(18)10-12)16(21)20-9-1-2-11-3-6-13(7-4-11)24(19,22)23/h3-8,10H,1-2,9H2,(H,20,21)(H2,19,22,23). The molecule has 0 saturated heterocycles. The van der Waals surface area contributed by atoms with E-state index in [1.165, 1.54) is 18.2 Å².